The summed E-state index contributed by atoms with van der Waals surface area (Å²) < 4.78 is 63.6. The quantitative estimate of drug-likeness (QED) is 0.610. The SMILES string of the molecule is Nc1c(F)cc(-c2ccc(C(F)(F)F)cc2)cc1F. The molecule has 2 N–H and O–H groups in total. The van der Waals surface area contributed by atoms with E-state index < -0.39 is 29.1 Å². The summed E-state index contributed by atoms with van der Waals surface area (Å²) >= 11 is 0. The zero-order valence-electron chi connectivity index (χ0n) is 9.43. The number of anilines is 1. The van der Waals surface area contributed by atoms with Crippen molar-refractivity contribution in [2.75, 3.05) is 5.73 Å². The van der Waals surface area contributed by atoms with Crippen LogP contribution >= 0.6 is 0 Å². The molecule has 100 valence electrons. The Balaban J connectivity index is 2.43. The van der Waals surface area contributed by atoms with E-state index in [4.69, 9.17) is 5.73 Å². The van der Waals surface area contributed by atoms with Gasteiger partial charge < -0.3 is 5.73 Å². The molecule has 0 saturated heterocycles. The Kier molecular flexibility index (Phi) is 3.18. The molecule has 0 bridgehead atoms. The van der Waals surface area contributed by atoms with Crippen molar-refractivity contribution in [2.24, 2.45) is 0 Å². The van der Waals surface area contributed by atoms with Crippen molar-refractivity contribution in [2.45, 2.75) is 6.18 Å². The lowest BCUT2D eigenvalue weighted by Gasteiger charge is -2.08. The maximum Gasteiger partial charge on any atom is 0.416 e. The standard InChI is InChI=1S/C13H8F5N/c14-10-5-8(6-11(15)12(10)19)7-1-3-9(4-2-7)13(16,17)18/h1-6H,19H2. The highest BCUT2D eigenvalue weighted by Crippen LogP contribution is 2.31. The Bertz CT molecular complexity index is 578. The van der Waals surface area contributed by atoms with Crippen molar-refractivity contribution in [1.29, 1.82) is 0 Å². The first kappa shape index (κ1) is 13.3. The summed E-state index contributed by atoms with van der Waals surface area (Å²) in [5.41, 5.74) is 4.06. The van der Waals surface area contributed by atoms with Crippen LogP contribution in [0.4, 0.5) is 27.6 Å². The van der Waals surface area contributed by atoms with Gasteiger partial charge in [-0.2, -0.15) is 13.2 Å². The molecule has 0 amide bonds. The normalized spacial score (nSPS) is 11.6. The Morgan fingerprint density at radius 2 is 1.26 bits per heavy atom. The molecule has 0 aromatic heterocycles. The maximum absolute atomic E-state index is 13.2. The van der Waals surface area contributed by atoms with Crippen molar-refractivity contribution in [1.82, 2.24) is 0 Å². The van der Waals surface area contributed by atoms with Gasteiger partial charge in [0, 0.05) is 0 Å². The third-order valence-corrected chi connectivity index (χ3v) is 2.62. The second-order valence-corrected chi connectivity index (χ2v) is 3.93. The van der Waals surface area contributed by atoms with Crippen LogP contribution in [0.5, 0.6) is 0 Å². The van der Waals surface area contributed by atoms with Crippen molar-refractivity contribution in [3.05, 3.63) is 53.6 Å². The molecule has 6 heteroatoms. The molecule has 0 unspecified atom stereocenters. The number of halogens is 5. The third-order valence-electron chi connectivity index (χ3n) is 2.62. The van der Waals surface area contributed by atoms with E-state index in [-0.39, 0.29) is 11.1 Å². The van der Waals surface area contributed by atoms with Crippen LogP contribution in [0.25, 0.3) is 11.1 Å². The molecule has 0 atom stereocenters. The van der Waals surface area contributed by atoms with E-state index in [1.807, 2.05) is 0 Å². The number of rotatable bonds is 1. The summed E-state index contributed by atoms with van der Waals surface area (Å²) in [6.07, 6.45) is -4.45. The molecule has 2 aromatic carbocycles. The van der Waals surface area contributed by atoms with E-state index >= 15 is 0 Å². The number of benzene rings is 2. The van der Waals surface area contributed by atoms with Crippen molar-refractivity contribution >= 4 is 5.69 Å². The third kappa shape index (κ3) is 2.67. The van der Waals surface area contributed by atoms with Crippen LogP contribution in [0, 0.1) is 11.6 Å². The summed E-state index contributed by atoms with van der Waals surface area (Å²) in [7, 11) is 0. The summed E-state index contributed by atoms with van der Waals surface area (Å²) in [5.74, 6) is -1.90. The number of nitrogen functional groups attached to an aromatic ring is 1. The molecule has 2 aromatic rings. The van der Waals surface area contributed by atoms with Gasteiger partial charge in [0.25, 0.3) is 0 Å². The molecule has 2 rings (SSSR count). The molecule has 0 aliphatic heterocycles. The fourth-order valence-corrected chi connectivity index (χ4v) is 1.60. The minimum Gasteiger partial charge on any atom is -0.394 e. The van der Waals surface area contributed by atoms with Gasteiger partial charge in [-0.1, -0.05) is 12.1 Å². The Labute approximate surface area is 105 Å². The summed E-state index contributed by atoms with van der Waals surface area (Å²) in [4.78, 5) is 0. The first-order valence-corrected chi connectivity index (χ1v) is 5.21. The molecule has 0 spiro atoms. The Hall–Kier alpha value is -2.11. The molecular weight excluding hydrogens is 265 g/mol. The topological polar surface area (TPSA) is 26.0 Å². The first-order chi connectivity index (χ1) is 8.79. The highest BCUT2D eigenvalue weighted by atomic mass is 19.4. The predicted molar refractivity (Wildman–Crippen MR) is 61.2 cm³/mol. The van der Waals surface area contributed by atoms with Gasteiger partial charge in [0.2, 0.25) is 0 Å². The number of hydrogen-bond donors (Lipinski definition) is 1. The smallest absolute Gasteiger partial charge is 0.394 e. The zero-order valence-corrected chi connectivity index (χ0v) is 9.43. The average Bonchev–Trinajstić information content (AvgIpc) is 2.34. The molecule has 0 radical (unpaired) electrons. The highest BCUT2D eigenvalue weighted by molar-refractivity contribution is 5.66. The van der Waals surface area contributed by atoms with Gasteiger partial charge in [-0.25, -0.2) is 8.78 Å². The zero-order chi connectivity index (χ0) is 14.2. The minimum absolute atomic E-state index is 0.123. The summed E-state index contributed by atoms with van der Waals surface area (Å²) in [6.45, 7) is 0. The lowest BCUT2D eigenvalue weighted by atomic mass is 10.0. The Morgan fingerprint density at radius 1 is 0.789 bits per heavy atom. The van der Waals surface area contributed by atoms with Crippen molar-refractivity contribution in [3.8, 4) is 11.1 Å². The molecule has 0 fully saturated rings. The van der Waals surface area contributed by atoms with Gasteiger partial charge in [0.05, 0.1) is 5.56 Å². The van der Waals surface area contributed by atoms with Crippen molar-refractivity contribution < 1.29 is 22.0 Å². The molecule has 0 aliphatic rings. The minimum atomic E-state index is -4.45. The van der Waals surface area contributed by atoms with Crippen LogP contribution in [0.2, 0.25) is 0 Å². The lowest BCUT2D eigenvalue weighted by molar-refractivity contribution is -0.137. The van der Waals surface area contributed by atoms with E-state index in [9.17, 15) is 22.0 Å². The van der Waals surface area contributed by atoms with Crippen LogP contribution in [-0.2, 0) is 6.18 Å². The van der Waals surface area contributed by atoms with Gasteiger partial charge in [0.1, 0.15) is 17.3 Å². The molecule has 1 nitrogen and oxygen atoms in total. The van der Waals surface area contributed by atoms with Crippen LogP contribution < -0.4 is 5.73 Å². The second kappa shape index (κ2) is 4.53. The molecule has 19 heavy (non-hydrogen) atoms. The maximum atomic E-state index is 13.2. The van der Waals surface area contributed by atoms with Crippen LogP contribution in [0.1, 0.15) is 5.56 Å². The first-order valence-electron chi connectivity index (χ1n) is 5.21. The molecule has 0 aliphatic carbocycles. The van der Waals surface area contributed by atoms with E-state index in [2.05, 4.69) is 0 Å². The van der Waals surface area contributed by atoms with Gasteiger partial charge in [-0.05, 0) is 35.4 Å². The van der Waals surface area contributed by atoms with E-state index in [0.29, 0.717) is 0 Å². The summed E-state index contributed by atoms with van der Waals surface area (Å²) in [6, 6.07) is 5.94. The van der Waals surface area contributed by atoms with Gasteiger partial charge in [0.15, 0.2) is 0 Å². The van der Waals surface area contributed by atoms with Gasteiger partial charge >= 0.3 is 6.18 Å². The highest BCUT2D eigenvalue weighted by Gasteiger charge is 2.30. The molecular formula is C13H8F5N. The predicted octanol–water partition coefficient (Wildman–Crippen LogP) is 4.23. The molecule has 0 saturated carbocycles. The largest absolute Gasteiger partial charge is 0.416 e. The van der Waals surface area contributed by atoms with Crippen LogP contribution in [0.3, 0.4) is 0 Å². The monoisotopic (exact) mass is 273 g/mol. The van der Waals surface area contributed by atoms with Crippen LogP contribution in [-0.4, -0.2) is 0 Å². The van der Waals surface area contributed by atoms with E-state index in [1.54, 1.807) is 0 Å². The average molecular weight is 273 g/mol. The van der Waals surface area contributed by atoms with Crippen LogP contribution in [0.15, 0.2) is 36.4 Å². The lowest BCUT2D eigenvalue weighted by Crippen LogP contribution is -2.04. The second-order valence-electron chi connectivity index (χ2n) is 3.93. The number of alkyl halides is 3. The van der Waals surface area contributed by atoms with E-state index in [1.165, 1.54) is 0 Å². The fourth-order valence-electron chi connectivity index (χ4n) is 1.60. The molecule has 0 heterocycles. The summed E-state index contributed by atoms with van der Waals surface area (Å²) in [5, 5.41) is 0. The van der Waals surface area contributed by atoms with E-state index in [0.717, 1.165) is 36.4 Å². The Morgan fingerprint density at radius 3 is 1.68 bits per heavy atom. The van der Waals surface area contributed by atoms with Crippen molar-refractivity contribution in [3.63, 3.8) is 0 Å². The van der Waals surface area contributed by atoms with Gasteiger partial charge in [-0.15, -0.1) is 0 Å². The van der Waals surface area contributed by atoms with Gasteiger partial charge in [-0.3, -0.25) is 0 Å². The number of nitrogens with two attached hydrogens (primary N) is 1. The fraction of sp³-hybridized carbons (Fsp3) is 0.0769. The number of hydrogen-bond acceptors (Lipinski definition) is 1.